The Kier molecular flexibility index (Phi) is 7.81. The first-order valence-electron chi connectivity index (χ1n) is 10.7. The van der Waals surface area contributed by atoms with E-state index in [2.05, 4.69) is 54.2 Å². The van der Waals surface area contributed by atoms with Crippen molar-refractivity contribution in [2.75, 3.05) is 19.0 Å². The van der Waals surface area contributed by atoms with Gasteiger partial charge in [-0.05, 0) is 76.7 Å². The molecular weight excluding hydrogens is 478 g/mol. The molecule has 0 unspecified atom stereocenters. The summed E-state index contributed by atoms with van der Waals surface area (Å²) < 4.78 is 11.7. The van der Waals surface area contributed by atoms with Crippen molar-refractivity contribution in [3.05, 3.63) is 44.2 Å². The van der Waals surface area contributed by atoms with Crippen LogP contribution in [0, 0.1) is 0 Å². The van der Waals surface area contributed by atoms with Crippen LogP contribution in [-0.4, -0.2) is 25.6 Å². The minimum atomic E-state index is -0.374. The molecule has 1 heterocycles. The summed E-state index contributed by atoms with van der Waals surface area (Å²) in [6, 6.07) is 6.11. The summed E-state index contributed by atoms with van der Waals surface area (Å²) in [5.41, 5.74) is 2.88. The van der Waals surface area contributed by atoms with Crippen molar-refractivity contribution in [2.24, 2.45) is 0 Å². The number of aryl methyl sites for hydroxylation is 1. The van der Waals surface area contributed by atoms with Crippen LogP contribution < -0.4 is 10.1 Å². The molecule has 3 rings (SSSR count). The fraction of sp³-hybridized carbons (Fsp3) is 0.500. The highest BCUT2D eigenvalue weighted by Gasteiger charge is 2.26. The lowest BCUT2D eigenvalue weighted by atomic mass is 9.87. The number of methoxy groups -OCH3 is 1. The monoisotopic (exact) mass is 507 g/mol. The molecule has 1 N–H and O–H groups in total. The van der Waals surface area contributed by atoms with Gasteiger partial charge in [0.1, 0.15) is 10.8 Å². The molecule has 168 valence electrons. The molecule has 0 spiro atoms. The third-order valence-electron chi connectivity index (χ3n) is 5.42. The molecule has 1 amide bonds. The maximum atomic E-state index is 12.5. The lowest BCUT2D eigenvalue weighted by Crippen LogP contribution is -2.15. The number of halogens is 1. The standard InChI is InChI=1S/C24H30BrNO4S/c1-24(2,3)15-11-12-18(17(25)14-15)30-13-7-10-20(27)26-22-21(23(28)29-4)16-8-5-6-9-19(16)31-22/h11-12,14H,5-10,13H2,1-4H3,(H,26,27). The molecule has 0 atom stereocenters. The number of carbonyl (C=O) groups is 2. The zero-order valence-corrected chi connectivity index (χ0v) is 21.0. The van der Waals surface area contributed by atoms with Gasteiger partial charge in [0, 0.05) is 11.3 Å². The Hall–Kier alpha value is -1.86. The van der Waals surface area contributed by atoms with E-state index in [0.29, 0.717) is 30.0 Å². The second-order valence-corrected chi connectivity index (χ2v) is 10.8. The Morgan fingerprint density at radius 2 is 1.94 bits per heavy atom. The van der Waals surface area contributed by atoms with E-state index in [0.717, 1.165) is 41.5 Å². The van der Waals surface area contributed by atoms with Crippen molar-refractivity contribution in [2.45, 2.75) is 64.7 Å². The molecule has 7 heteroatoms. The number of hydrogen-bond donors (Lipinski definition) is 1. The Bertz CT molecular complexity index is 961. The highest BCUT2D eigenvalue weighted by atomic mass is 79.9. The molecule has 0 aliphatic heterocycles. The third-order valence-corrected chi connectivity index (χ3v) is 7.24. The van der Waals surface area contributed by atoms with Crippen LogP contribution in [0.3, 0.4) is 0 Å². The van der Waals surface area contributed by atoms with Crippen molar-refractivity contribution in [1.82, 2.24) is 0 Å². The lowest BCUT2D eigenvalue weighted by Gasteiger charge is -2.20. The fourth-order valence-electron chi connectivity index (χ4n) is 3.66. The number of fused-ring (bicyclic) bond motifs is 1. The summed E-state index contributed by atoms with van der Waals surface area (Å²) in [6.07, 6.45) is 4.90. The molecule has 2 aromatic rings. The maximum absolute atomic E-state index is 12.5. The van der Waals surface area contributed by atoms with E-state index in [1.807, 2.05) is 6.07 Å². The van der Waals surface area contributed by atoms with Gasteiger partial charge in [-0.15, -0.1) is 11.3 Å². The Morgan fingerprint density at radius 3 is 2.61 bits per heavy atom. The van der Waals surface area contributed by atoms with E-state index in [-0.39, 0.29) is 17.3 Å². The van der Waals surface area contributed by atoms with Crippen LogP contribution in [0.2, 0.25) is 0 Å². The van der Waals surface area contributed by atoms with Crippen molar-refractivity contribution >= 4 is 44.1 Å². The summed E-state index contributed by atoms with van der Waals surface area (Å²) in [4.78, 5) is 26.0. The number of ether oxygens (including phenoxy) is 2. The van der Waals surface area contributed by atoms with Crippen molar-refractivity contribution in [3.8, 4) is 5.75 Å². The Morgan fingerprint density at radius 1 is 1.19 bits per heavy atom. The number of rotatable bonds is 7. The van der Waals surface area contributed by atoms with Crippen molar-refractivity contribution in [3.63, 3.8) is 0 Å². The van der Waals surface area contributed by atoms with Gasteiger partial charge >= 0.3 is 5.97 Å². The fourth-order valence-corrected chi connectivity index (χ4v) is 5.45. The van der Waals surface area contributed by atoms with Crippen LogP contribution in [0.5, 0.6) is 5.75 Å². The van der Waals surface area contributed by atoms with Gasteiger partial charge in [-0.3, -0.25) is 4.79 Å². The number of carbonyl (C=O) groups excluding carboxylic acids is 2. The van der Waals surface area contributed by atoms with Gasteiger partial charge in [-0.2, -0.15) is 0 Å². The number of nitrogens with one attached hydrogen (secondary N) is 1. The summed E-state index contributed by atoms with van der Waals surface area (Å²) in [6.45, 7) is 6.95. The van der Waals surface area contributed by atoms with Gasteiger partial charge in [0.15, 0.2) is 0 Å². The molecule has 0 radical (unpaired) electrons. The lowest BCUT2D eigenvalue weighted by molar-refractivity contribution is -0.116. The van der Waals surface area contributed by atoms with Crippen molar-refractivity contribution < 1.29 is 19.1 Å². The average Bonchev–Trinajstić information content (AvgIpc) is 3.08. The first kappa shape index (κ1) is 23.8. The number of thiophene rings is 1. The summed E-state index contributed by atoms with van der Waals surface area (Å²) in [7, 11) is 1.38. The molecule has 1 aromatic heterocycles. The molecule has 0 bridgehead atoms. The summed E-state index contributed by atoms with van der Waals surface area (Å²) in [5, 5.41) is 3.55. The van der Waals surface area contributed by atoms with Crippen LogP contribution in [0.4, 0.5) is 5.00 Å². The number of esters is 1. The van der Waals surface area contributed by atoms with Gasteiger partial charge in [0.05, 0.1) is 23.8 Å². The zero-order valence-electron chi connectivity index (χ0n) is 18.6. The third kappa shape index (κ3) is 5.89. The van der Waals surface area contributed by atoms with Crippen LogP contribution in [0.1, 0.15) is 72.8 Å². The molecule has 31 heavy (non-hydrogen) atoms. The smallest absolute Gasteiger partial charge is 0.341 e. The molecule has 1 aliphatic carbocycles. The highest BCUT2D eigenvalue weighted by molar-refractivity contribution is 9.10. The average molecular weight is 508 g/mol. The second kappa shape index (κ2) is 10.2. The van der Waals surface area contributed by atoms with Crippen LogP contribution in [0.25, 0.3) is 0 Å². The first-order valence-corrected chi connectivity index (χ1v) is 12.3. The minimum Gasteiger partial charge on any atom is -0.492 e. The molecule has 0 saturated carbocycles. The molecule has 1 aliphatic rings. The van der Waals surface area contributed by atoms with Crippen LogP contribution in [0.15, 0.2) is 22.7 Å². The Labute approximate surface area is 196 Å². The summed E-state index contributed by atoms with van der Waals surface area (Å²) in [5.74, 6) is 0.281. The maximum Gasteiger partial charge on any atom is 0.341 e. The van der Waals surface area contributed by atoms with Crippen LogP contribution in [-0.2, 0) is 27.8 Å². The highest BCUT2D eigenvalue weighted by Crippen LogP contribution is 2.38. The molecule has 0 fully saturated rings. The number of amides is 1. The van der Waals surface area contributed by atoms with E-state index in [9.17, 15) is 9.59 Å². The van der Waals surface area contributed by atoms with E-state index in [1.54, 1.807) is 0 Å². The quantitative estimate of drug-likeness (QED) is 0.354. The van der Waals surface area contributed by atoms with E-state index in [1.165, 1.54) is 28.9 Å². The Balaban J connectivity index is 1.55. The normalized spacial score (nSPS) is 13.5. The largest absolute Gasteiger partial charge is 0.492 e. The molecule has 5 nitrogen and oxygen atoms in total. The van der Waals surface area contributed by atoms with Gasteiger partial charge in [-0.25, -0.2) is 4.79 Å². The minimum absolute atomic E-state index is 0.0726. The topological polar surface area (TPSA) is 64.6 Å². The van der Waals surface area contributed by atoms with Gasteiger partial charge < -0.3 is 14.8 Å². The molecular formula is C24H30BrNO4S. The zero-order chi connectivity index (χ0) is 22.6. The predicted molar refractivity (Wildman–Crippen MR) is 129 cm³/mol. The predicted octanol–water partition coefficient (Wildman–Crippen LogP) is 6.27. The first-order chi connectivity index (χ1) is 14.7. The van der Waals surface area contributed by atoms with E-state index in [4.69, 9.17) is 9.47 Å². The second-order valence-electron chi connectivity index (χ2n) is 8.80. The van der Waals surface area contributed by atoms with E-state index < -0.39 is 0 Å². The molecule has 0 saturated heterocycles. The number of benzene rings is 1. The SMILES string of the molecule is COC(=O)c1c(NC(=O)CCCOc2ccc(C(C)(C)C)cc2Br)sc2c1CCCC2. The van der Waals surface area contributed by atoms with Crippen molar-refractivity contribution in [1.29, 1.82) is 0 Å². The van der Waals surface area contributed by atoms with Gasteiger partial charge in [-0.1, -0.05) is 26.8 Å². The summed E-state index contributed by atoms with van der Waals surface area (Å²) >= 11 is 5.08. The van der Waals surface area contributed by atoms with Crippen LogP contribution >= 0.6 is 27.3 Å². The van der Waals surface area contributed by atoms with Gasteiger partial charge in [0.2, 0.25) is 5.91 Å². The van der Waals surface area contributed by atoms with Gasteiger partial charge in [0.25, 0.3) is 0 Å². The number of hydrogen-bond acceptors (Lipinski definition) is 5. The van der Waals surface area contributed by atoms with E-state index >= 15 is 0 Å². The molecule has 1 aromatic carbocycles. The number of anilines is 1.